The standard InChI is InChI=1S/C80H54O2/c1-6-21-54(22-7-1)59-31-16-35-63(41-59)67-45-68(64-36-17-32-60(42-64)55-23-8-2-9-24-55)48-71(47-67)80(75-40-20-39-73(58-29-14-5-15-30-58)79(75)74-51-77-78(52-76(74)80)82-53-81-77)72-49-69(65-37-18-33-61(43-65)56-25-10-3-11-26-56)46-70(50-72)66-38-19-34-62(44-66)57-27-12-4-13-28-57/h1-52H,53H2. The van der Waals surface area contributed by atoms with E-state index in [0.29, 0.717) is 0 Å². The molecule has 0 spiro atoms. The fraction of sp³-hybridized carbons (Fsp3) is 0.0250. The Bertz CT molecular complexity index is 4090. The Balaban J connectivity index is 1.08. The summed E-state index contributed by atoms with van der Waals surface area (Å²) in [6, 6.07) is 116. The van der Waals surface area contributed by atoms with Crippen molar-refractivity contribution in [2.75, 3.05) is 6.79 Å². The summed E-state index contributed by atoms with van der Waals surface area (Å²) in [5.74, 6) is 1.49. The second-order valence-corrected chi connectivity index (χ2v) is 21.5. The molecule has 0 amide bonds. The highest BCUT2D eigenvalue weighted by molar-refractivity contribution is 5.98. The maximum atomic E-state index is 6.47. The van der Waals surface area contributed by atoms with Gasteiger partial charge in [-0.25, -0.2) is 0 Å². The van der Waals surface area contributed by atoms with Crippen LogP contribution in [0.2, 0.25) is 0 Å². The van der Waals surface area contributed by atoms with Crippen LogP contribution in [0.1, 0.15) is 22.3 Å². The molecule has 82 heavy (non-hydrogen) atoms. The first-order valence-corrected chi connectivity index (χ1v) is 28.2. The predicted molar refractivity (Wildman–Crippen MR) is 339 cm³/mol. The van der Waals surface area contributed by atoms with E-state index in [1.807, 2.05) is 0 Å². The van der Waals surface area contributed by atoms with E-state index in [4.69, 9.17) is 9.47 Å². The summed E-state index contributed by atoms with van der Waals surface area (Å²) < 4.78 is 12.8. The van der Waals surface area contributed by atoms with Crippen LogP contribution in [-0.2, 0) is 5.41 Å². The van der Waals surface area contributed by atoms with Crippen molar-refractivity contribution < 1.29 is 9.47 Å². The van der Waals surface area contributed by atoms with Gasteiger partial charge in [0, 0.05) is 0 Å². The lowest BCUT2D eigenvalue weighted by Gasteiger charge is -2.36. The summed E-state index contributed by atoms with van der Waals surface area (Å²) in [5, 5.41) is 0. The molecular formula is C80H54O2. The summed E-state index contributed by atoms with van der Waals surface area (Å²) >= 11 is 0. The zero-order chi connectivity index (χ0) is 54.4. The van der Waals surface area contributed by atoms with Gasteiger partial charge in [-0.2, -0.15) is 0 Å². The Kier molecular flexibility index (Phi) is 12.2. The zero-order valence-electron chi connectivity index (χ0n) is 45.0. The first-order chi connectivity index (χ1) is 40.6. The Morgan fingerprint density at radius 3 is 0.866 bits per heavy atom. The van der Waals surface area contributed by atoms with Gasteiger partial charge < -0.3 is 9.47 Å². The molecular weight excluding hydrogens is 993 g/mol. The quantitative estimate of drug-likeness (QED) is 0.129. The lowest BCUT2D eigenvalue weighted by atomic mass is 9.66. The van der Waals surface area contributed by atoms with Crippen molar-refractivity contribution >= 4 is 0 Å². The number of benzene rings is 13. The molecule has 0 fully saturated rings. The van der Waals surface area contributed by atoms with Crippen molar-refractivity contribution in [1.29, 1.82) is 0 Å². The third-order valence-electron chi connectivity index (χ3n) is 16.7. The molecule has 15 rings (SSSR count). The van der Waals surface area contributed by atoms with Crippen LogP contribution in [0.5, 0.6) is 11.5 Å². The summed E-state index contributed by atoms with van der Waals surface area (Å²) in [7, 11) is 0. The minimum Gasteiger partial charge on any atom is -0.454 e. The van der Waals surface area contributed by atoms with Crippen molar-refractivity contribution in [2.45, 2.75) is 5.41 Å². The lowest BCUT2D eigenvalue weighted by Crippen LogP contribution is -2.29. The van der Waals surface area contributed by atoms with E-state index in [0.717, 1.165) is 112 Å². The van der Waals surface area contributed by atoms with E-state index in [1.165, 1.54) is 33.4 Å². The van der Waals surface area contributed by atoms with Crippen LogP contribution >= 0.6 is 0 Å². The van der Waals surface area contributed by atoms with Crippen molar-refractivity contribution in [3.63, 3.8) is 0 Å². The van der Waals surface area contributed by atoms with Gasteiger partial charge in [0.2, 0.25) is 6.79 Å². The molecule has 1 aliphatic carbocycles. The Hall–Kier alpha value is -10.5. The average molecular weight is 1050 g/mol. The zero-order valence-corrected chi connectivity index (χ0v) is 45.0. The van der Waals surface area contributed by atoms with Gasteiger partial charge in [0.25, 0.3) is 0 Å². The molecule has 0 saturated carbocycles. The molecule has 1 heterocycles. The molecule has 2 aliphatic rings. The smallest absolute Gasteiger partial charge is 0.231 e. The van der Waals surface area contributed by atoms with Crippen molar-refractivity contribution in [2.24, 2.45) is 0 Å². The van der Waals surface area contributed by atoms with E-state index in [2.05, 4.69) is 315 Å². The van der Waals surface area contributed by atoms with Crippen LogP contribution in [0, 0.1) is 0 Å². The molecule has 13 aromatic carbocycles. The van der Waals surface area contributed by atoms with Crippen LogP contribution in [0.15, 0.2) is 315 Å². The van der Waals surface area contributed by atoms with Crippen LogP contribution in [0.3, 0.4) is 0 Å². The Morgan fingerprint density at radius 1 is 0.207 bits per heavy atom. The van der Waals surface area contributed by atoms with Gasteiger partial charge >= 0.3 is 0 Å². The summed E-state index contributed by atoms with van der Waals surface area (Å²) in [5.41, 5.74) is 26.6. The summed E-state index contributed by atoms with van der Waals surface area (Å²) in [6.45, 7) is 0.155. The lowest BCUT2D eigenvalue weighted by molar-refractivity contribution is 0.174. The number of hydrogen-bond donors (Lipinski definition) is 0. The molecule has 0 bridgehead atoms. The van der Waals surface area contributed by atoms with Crippen LogP contribution < -0.4 is 9.47 Å². The number of fused-ring (bicyclic) bond motifs is 4. The first-order valence-electron chi connectivity index (χ1n) is 28.2. The fourth-order valence-corrected chi connectivity index (χ4v) is 12.8. The second kappa shape index (κ2) is 20.6. The molecule has 2 heteroatoms. The minimum atomic E-state index is -0.936. The average Bonchev–Trinajstić information content (AvgIpc) is 2.57. The van der Waals surface area contributed by atoms with Gasteiger partial charge in [-0.15, -0.1) is 0 Å². The van der Waals surface area contributed by atoms with Crippen LogP contribution in [0.25, 0.3) is 111 Å². The molecule has 0 unspecified atom stereocenters. The normalized spacial score (nSPS) is 12.6. The Labute approximate surface area is 479 Å². The van der Waals surface area contributed by atoms with E-state index in [1.54, 1.807) is 0 Å². The number of rotatable bonds is 11. The van der Waals surface area contributed by atoms with Crippen molar-refractivity contribution in [3.8, 4) is 123 Å². The predicted octanol–water partition coefficient (Wildman–Crippen LogP) is 20.8. The maximum Gasteiger partial charge on any atom is 0.231 e. The number of ether oxygens (including phenoxy) is 2. The maximum absolute atomic E-state index is 6.47. The SMILES string of the molecule is c1ccc(-c2cccc(-c3cc(-c4cccc(-c5ccccc5)c4)cc(C4(c5cc(-c6cccc(-c7ccccc7)c6)cc(-c6cccc(-c7ccccc7)c6)c5)c5cc6c(cc5-c5c(-c7ccccc7)cccc54)OCO6)c3)c2)cc1. The van der Waals surface area contributed by atoms with Gasteiger partial charge in [-0.1, -0.05) is 243 Å². The molecule has 0 radical (unpaired) electrons. The van der Waals surface area contributed by atoms with Crippen molar-refractivity contribution in [1.82, 2.24) is 0 Å². The molecule has 13 aromatic rings. The highest BCUT2D eigenvalue weighted by Gasteiger charge is 2.49. The summed E-state index contributed by atoms with van der Waals surface area (Å²) in [6.07, 6.45) is 0. The molecule has 1 aliphatic heterocycles. The van der Waals surface area contributed by atoms with Gasteiger partial charge in [-0.05, 0) is 206 Å². The number of hydrogen-bond acceptors (Lipinski definition) is 2. The fourth-order valence-electron chi connectivity index (χ4n) is 12.8. The highest BCUT2D eigenvalue weighted by atomic mass is 16.7. The highest BCUT2D eigenvalue weighted by Crippen LogP contribution is 2.62. The van der Waals surface area contributed by atoms with Gasteiger partial charge in [0.05, 0.1) is 5.41 Å². The van der Waals surface area contributed by atoms with Gasteiger partial charge in [0.1, 0.15) is 0 Å². The second-order valence-electron chi connectivity index (χ2n) is 21.5. The monoisotopic (exact) mass is 1050 g/mol. The molecule has 0 atom stereocenters. The molecule has 2 nitrogen and oxygen atoms in total. The topological polar surface area (TPSA) is 18.5 Å². The van der Waals surface area contributed by atoms with E-state index < -0.39 is 5.41 Å². The largest absolute Gasteiger partial charge is 0.454 e. The third kappa shape index (κ3) is 8.70. The van der Waals surface area contributed by atoms with Crippen molar-refractivity contribution in [3.05, 3.63) is 338 Å². The third-order valence-corrected chi connectivity index (χ3v) is 16.7. The van der Waals surface area contributed by atoms with E-state index >= 15 is 0 Å². The first kappa shape index (κ1) is 48.6. The molecule has 0 N–H and O–H groups in total. The van der Waals surface area contributed by atoms with E-state index in [9.17, 15) is 0 Å². The van der Waals surface area contributed by atoms with Gasteiger partial charge in [0.15, 0.2) is 11.5 Å². The minimum absolute atomic E-state index is 0.155. The summed E-state index contributed by atoms with van der Waals surface area (Å²) in [4.78, 5) is 0. The Morgan fingerprint density at radius 2 is 0.500 bits per heavy atom. The molecule has 386 valence electrons. The molecule has 0 saturated heterocycles. The van der Waals surface area contributed by atoms with Crippen LogP contribution in [0.4, 0.5) is 0 Å². The van der Waals surface area contributed by atoms with Crippen LogP contribution in [-0.4, -0.2) is 6.79 Å². The van der Waals surface area contributed by atoms with Gasteiger partial charge in [-0.3, -0.25) is 0 Å². The van der Waals surface area contributed by atoms with E-state index in [-0.39, 0.29) is 6.79 Å². The molecule has 0 aromatic heterocycles.